The molecule has 4 aromatic carbocycles. The van der Waals surface area contributed by atoms with Gasteiger partial charge in [-0.25, -0.2) is 0 Å². The van der Waals surface area contributed by atoms with Crippen LogP contribution in [0.5, 0.6) is 5.75 Å². The lowest BCUT2D eigenvalue weighted by Gasteiger charge is -2.21. The van der Waals surface area contributed by atoms with Crippen LogP contribution in [0.2, 0.25) is 10.0 Å². The molecule has 0 aliphatic heterocycles. The first-order valence-electron chi connectivity index (χ1n) is 10.9. The van der Waals surface area contributed by atoms with Crippen molar-refractivity contribution in [1.82, 2.24) is 10.6 Å². The van der Waals surface area contributed by atoms with Crippen molar-refractivity contribution in [3.63, 3.8) is 0 Å². The maximum Gasteiger partial charge on any atom is 0.253 e. The monoisotopic (exact) mass is 504 g/mol. The normalized spacial score (nSPS) is 10.6. The van der Waals surface area contributed by atoms with Gasteiger partial charge in [0.15, 0.2) is 0 Å². The van der Waals surface area contributed by atoms with Crippen LogP contribution in [-0.2, 0) is 6.61 Å². The second kappa shape index (κ2) is 11.6. The average Bonchev–Trinajstić information content (AvgIpc) is 2.88. The van der Waals surface area contributed by atoms with E-state index in [-0.39, 0.29) is 11.8 Å². The Labute approximate surface area is 213 Å². The molecular weight excluding hydrogens is 483 g/mol. The Morgan fingerprint density at radius 1 is 0.657 bits per heavy atom. The van der Waals surface area contributed by atoms with Crippen LogP contribution in [0.15, 0.2) is 103 Å². The lowest BCUT2D eigenvalue weighted by Crippen LogP contribution is -2.41. The third-order valence-electron chi connectivity index (χ3n) is 5.23. The minimum absolute atomic E-state index is 0.354. The van der Waals surface area contributed by atoms with Crippen LogP contribution in [-0.4, -0.2) is 11.8 Å². The third kappa shape index (κ3) is 6.85. The van der Waals surface area contributed by atoms with Crippen molar-refractivity contribution in [2.24, 2.45) is 0 Å². The van der Waals surface area contributed by atoms with Crippen LogP contribution in [0.25, 0.3) is 0 Å². The maximum atomic E-state index is 12.9. The molecule has 2 N–H and O–H groups in total. The molecule has 0 radical (unpaired) electrons. The predicted octanol–water partition coefficient (Wildman–Crippen LogP) is 6.43. The number of halogens is 2. The van der Waals surface area contributed by atoms with Crippen LogP contribution in [0.1, 0.15) is 38.0 Å². The summed E-state index contributed by atoms with van der Waals surface area (Å²) in [6.07, 6.45) is -0.787. The van der Waals surface area contributed by atoms with Gasteiger partial charge in [-0.1, -0.05) is 65.7 Å². The van der Waals surface area contributed by atoms with Gasteiger partial charge in [0.25, 0.3) is 11.8 Å². The number of hydrogen-bond donors (Lipinski definition) is 2. The molecule has 176 valence electrons. The number of ether oxygens (including phenoxy) is 1. The van der Waals surface area contributed by atoms with Gasteiger partial charge >= 0.3 is 0 Å². The van der Waals surface area contributed by atoms with E-state index >= 15 is 0 Å². The molecule has 0 aliphatic rings. The molecule has 4 rings (SSSR count). The van der Waals surface area contributed by atoms with E-state index in [0.29, 0.717) is 39.1 Å². The molecule has 4 aromatic rings. The van der Waals surface area contributed by atoms with Gasteiger partial charge in [-0.2, -0.15) is 0 Å². The van der Waals surface area contributed by atoms with Crippen molar-refractivity contribution >= 4 is 35.0 Å². The summed E-state index contributed by atoms with van der Waals surface area (Å²) in [4.78, 5) is 25.8. The Balaban J connectivity index is 1.51. The van der Waals surface area contributed by atoms with Gasteiger partial charge in [0, 0.05) is 21.2 Å². The maximum absolute atomic E-state index is 12.9. The first-order valence-corrected chi connectivity index (χ1v) is 11.6. The summed E-state index contributed by atoms with van der Waals surface area (Å²) in [6, 6.07) is 30.1. The number of nitrogens with one attached hydrogen (secondary N) is 2. The van der Waals surface area contributed by atoms with Gasteiger partial charge < -0.3 is 15.4 Å². The SMILES string of the molecule is O=C(NC(NC(=O)c1ccc(Cl)cc1)c1ccc(OCc2ccccc2)cc1)c1ccc(Cl)cc1. The van der Waals surface area contributed by atoms with E-state index < -0.39 is 6.17 Å². The minimum Gasteiger partial charge on any atom is -0.489 e. The van der Waals surface area contributed by atoms with Crippen molar-refractivity contribution < 1.29 is 14.3 Å². The van der Waals surface area contributed by atoms with Crippen LogP contribution in [0.4, 0.5) is 0 Å². The Hall–Kier alpha value is -3.80. The van der Waals surface area contributed by atoms with E-state index in [1.807, 2.05) is 30.3 Å². The number of carbonyl (C=O) groups is 2. The topological polar surface area (TPSA) is 67.4 Å². The summed E-state index contributed by atoms with van der Waals surface area (Å²) < 4.78 is 5.85. The van der Waals surface area contributed by atoms with E-state index in [1.165, 1.54) is 0 Å². The Kier molecular flexibility index (Phi) is 8.03. The van der Waals surface area contributed by atoms with E-state index in [0.717, 1.165) is 5.56 Å². The van der Waals surface area contributed by atoms with Gasteiger partial charge in [-0.05, 0) is 71.8 Å². The molecule has 7 heteroatoms. The zero-order valence-corrected chi connectivity index (χ0v) is 20.1. The number of hydrogen-bond acceptors (Lipinski definition) is 3. The number of carbonyl (C=O) groups excluding carboxylic acids is 2. The smallest absolute Gasteiger partial charge is 0.253 e. The molecule has 0 fully saturated rings. The summed E-state index contributed by atoms with van der Waals surface area (Å²) in [7, 11) is 0. The van der Waals surface area contributed by atoms with Gasteiger partial charge in [0.05, 0.1) is 0 Å². The molecule has 0 saturated heterocycles. The molecule has 0 atom stereocenters. The summed E-state index contributed by atoms with van der Waals surface area (Å²) in [5.74, 6) is -0.0376. The molecule has 0 bridgehead atoms. The first-order chi connectivity index (χ1) is 17.0. The number of benzene rings is 4. The molecule has 0 unspecified atom stereocenters. The van der Waals surface area contributed by atoms with E-state index in [4.69, 9.17) is 27.9 Å². The van der Waals surface area contributed by atoms with Crippen molar-refractivity contribution in [3.8, 4) is 5.75 Å². The zero-order chi connectivity index (χ0) is 24.6. The molecule has 35 heavy (non-hydrogen) atoms. The molecule has 2 amide bonds. The fourth-order valence-electron chi connectivity index (χ4n) is 3.33. The summed E-state index contributed by atoms with van der Waals surface area (Å²) in [5, 5.41) is 6.81. The van der Waals surface area contributed by atoms with Crippen molar-refractivity contribution in [1.29, 1.82) is 0 Å². The van der Waals surface area contributed by atoms with E-state index in [9.17, 15) is 9.59 Å². The standard InChI is InChI=1S/C28H22Cl2N2O3/c29-23-12-6-21(7-13-23)27(33)31-26(32-28(34)22-8-14-24(30)15-9-22)20-10-16-25(17-11-20)35-18-19-4-2-1-3-5-19/h1-17,26H,18H2,(H,31,33)(H,32,34). The Bertz CT molecular complexity index is 1220. The zero-order valence-electron chi connectivity index (χ0n) is 18.6. The number of rotatable bonds is 8. The molecule has 5 nitrogen and oxygen atoms in total. The van der Waals surface area contributed by atoms with Gasteiger partial charge in [-0.15, -0.1) is 0 Å². The lowest BCUT2D eigenvalue weighted by atomic mass is 10.1. The highest BCUT2D eigenvalue weighted by Crippen LogP contribution is 2.20. The molecule has 0 aromatic heterocycles. The van der Waals surface area contributed by atoms with Crippen LogP contribution >= 0.6 is 23.2 Å². The van der Waals surface area contributed by atoms with Crippen molar-refractivity contribution in [2.75, 3.05) is 0 Å². The predicted molar refractivity (Wildman–Crippen MR) is 138 cm³/mol. The van der Waals surface area contributed by atoms with Crippen molar-refractivity contribution in [2.45, 2.75) is 12.8 Å². The largest absolute Gasteiger partial charge is 0.489 e. The first kappa shape index (κ1) is 24.3. The molecule has 0 saturated carbocycles. The quantitative estimate of drug-likeness (QED) is 0.271. The third-order valence-corrected chi connectivity index (χ3v) is 5.73. The van der Waals surface area contributed by atoms with E-state index in [2.05, 4.69) is 10.6 Å². The molecular formula is C28H22Cl2N2O3. The Morgan fingerprint density at radius 3 is 1.63 bits per heavy atom. The second-order valence-corrected chi connectivity index (χ2v) is 8.61. The second-order valence-electron chi connectivity index (χ2n) is 7.74. The average molecular weight is 505 g/mol. The highest BCUT2D eigenvalue weighted by Gasteiger charge is 2.19. The van der Waals surface area contributed by atoms with Gasteiger partial charge in [0.1, 0.15) is 18.5 Å². The van der Waals surface area contributed by atoms with Crippen LogP contribution in [0.3, 0.4) is 0 Å². The summed E-state index contributed by atoms with van der Waals surface area (Å²) in [6.45, 7) is 0.435. The lowest BCUT2D eigenvalue weighted by molar-refractivity contribution is 0.0883. The van der Waals surface area contributed by atoms with Gasteiger partial charge in [0.2, 0.25) is 0 Å². The van der Waals surface area contributed by atoms with Crippen molar-refractivity contribution in [3.05, 3.63) is 135 Å². The molecule has 0 spiro atoms. The number of amides is 2. The van der Waals surface area contributed by atoms with Gasteiger partial charge in [-0.3, -0.25) is 9.59 Å². The summed E-state index contributed by atoms with van der Waals surface area (Å²) >= 11 is 11.9. The molecule has 0 heterocycles. The Morgan fingerprint density at radius 2 is 1.14 bits per heavy atom. The highest BCUT2D eigenvalue weighted by molar-refractivity contribution is 6.31. The summed E-state index contributed by atoms with van der Waals surface area (Å²) in [5.41, 5.74) is 2.58. The fourth-order valence-corrected chi connectivity index (χ4v) is 3.58. The highest BCUT2D eigenvalue weighted by atomic mass is 35.5. The van der Waals surface area contributed by atoms with Crippen LogP contribution in [0, 0.1) is 0 Å². The van der Waals surface area contributed by atoms with E-state index in [1.54, 1.807) is 72.8 Å². The minimum atomic E-state index is -0.787. The fraction of sp³-hybridized carbons (Fsp3) is 0.0714. The van der Waals surface area contributed by atoms with Crippen LogP contribution < -0.4 is 15.4 Å². The molecule has 0 aliphatic carbocycles.